The Labute approximate surface area is 189 Å². The molecule has 4 atom stereocenters. The van der Waals surface area contributed by atoms with E-state index >= 15 is 0 Å². The van der Waals surface area contributed by atoms with E-state index in [2.05, 4.69) is 22.4 Å². The Morgan fingerprint density at radius 1 is 1.16 bits per heavy atom. The van der Waals surface area contributed by atoms with Crippen LogP contribution in [0.4, 0.5) is 0 Å². The normalized spacial score (nSPS) is 32.4. The van der Waals surface area contributed by atoms with Gasteiger partial charge < -0.3 is 19.5 Å². The van der Waals surface area contributed by atoms with E-state index < -0.39 is 10.0 Å². The molecule has 4 aliphatic rings. The summed E-state index contributed by atoms with van der Waals surface area (Å²) in [7, 11) is -1.20. The summed E-state index contributed by atoms with van der Waals surface area (Å²) in [5.74, 6) is 0.848. The molecule has 0 radical (unpaired) electrons. The molecule has 0 aromatic carbocycles. The number of carbonyl (C=O) groups excluding carboxylic acids is 1. The SMILES string of the molecule is CN1CCC(CS(=O)(=O)N2[C@@H]3CC[C@H]2CC(NC(=O)c2cc(C4CCCO4)on2)C3)CC1. The van der Waals surface area contributed by atoms with E-state index in [1.54, 1.807) is 10.4 Å². The fourth-order valence-electron chi connectivity index (χ4n) is 5.93. The fraction of sp³-hybridized carbons (Fsp3) is 0.818. The number of amides is 1. The van der Waals surface area contributed by atoms with Crippen molar-refractivity contribution in [3.8, 4) is 0 Å². The number of likely N-dealkylation sites (tertiary alicyclic amines) is 1. The first-order valence-electron chi connectivity index (χ1n) is 12.0. The summed E-state index contributed by atoms with van der Waals surface area (Å²) < 4.78 is 39.2. The van der Waals surface area contributed by atoms with Crippen LogP contribution < -0.4 is 5.32 Å². The molecule has 5 heterocycles. The molecule has 1 aromatic heterocycles. The molecule has 10 heteroatoms. The largest absolute Gasteiger partial charge is 0.370 e. The van der Waals surface area contributed by atoms with Crippen LogP contribution in [0.2, 0.25) is 0 Å². The van der Waals surface area contributed by atoms with Gasteiger partial charge in [-0.3, -0.25) is 4.79 Å². The minimum absolute atomic E-state index is 0.0185. The van der Waals surface area contributed by atoms with E-state index in [0.29, 0.717) is 25.2 Å². The van der Waals surface area contributed by atoms with E-state index in [9.17, 15) is 13.2 Å². The van der Waals surface area contributed by atoms with Crippen molar-refractivity contribution >= 4 is 15.9 Å². The second kappa shape index (κ2) is 9.04. The van der Waals surface area contributed by atoms with Crippen molar-refractivity contribution in [2.75, 3.05) is 32.5 Å². The van der Waals surface area contributed by atoms with Gasteiger partial charge in [-0.1, -0.05) is 5.16 Å². The van der Waals surface area contributed by atoms with E-state index in [-0.39, 0.29) is 47.5 Å². The summed E-state index contributed by atoms with van der Waals surface area (Å²) >= 11 is 0. The number of fused-ring (bicyclic) bond motifs is 2. The van der Waals surface area contributed by atoms with Gasteiger partial charge in [0, 0.05) is 30.8 Å². The van der Waals surface area contributed by atoms with Crippen LogP contribution in [0.5, 0.6) is 0 Å². The Bertz CT molecular complexity index is 907. The summed E-state index contributed by atoms with van der Waals surface area (Å²) in [5, 5.41) is 7.00. The highest BCUT2D eigenvalue weighted by Crippen LogP contribution is 2.39. The minimum Gasteiger partial charge on any atom is -0.370 e. The molecule has 2 bridgehead atoms. The summed E-state index contributed by atoms with van der Waals surface area (Å²) in [4.78, 5) is 15.0. The topological polar surface area (TPSA) is 105 Å². The van der Waals surface area contributed by atoms with Gasteiger partial charge in [0.05, 0.1) is 5.75 Å². The van der Waals surface area contributed by atoms with E-state index in [1.807, 2.05) is 0 Å². The van der Waals surface area contributed by atoms with Crippen LogP contribution in [0.3, 0.4) is 0 Å². The number of hydrogen-bond acceptors (Lipinski definition) is 7. The molecule has 9 nitrogen and oxygen atoms in total. The number of carbonyl (C=O) groups is 1. The Hall–Kier alpha value is -1.49. The predicted molar refractivity (Wildman–Crippen MR) is 118 cm³/mol. The summed E-state index contributed by atoms with van der Waals surface area (Å²) in [6.45, 7) is 2.64. The average molecular weight is 467 g/mol. The quantitative estimate of drug-likeness (QED) is 0.683. The molecule has 5 rings (SSSR count). The van der Waals surface area contributed by atoms with Crippen LogP contribution in [0.15, 0.2) is 10.6 Å². The first-order chi connectivity index (χ1) is 15.4. The number of sulfonamides is 1. The van der Waals surface area contributed by atoms with E-state index in [4.69, 9.17) is 9.26 Å². The van der Waals surface area contributed by atoms with Crippen molar-refractivity contribution in [1.82, 2.24) is 19.7 Å². The van der Waals surface area contributed by atoms with Gasteiger partial charge in [-0.15, -0.1) is 0 Å². The molecule has 1 aromatic rings. The van der Waals surface area contributed by atoms with Crippen molar-refractivity contribution in [3.05, 3.63) is 17.5 Å². The van der Waals surface area contributed by atoms with Gasteiger partial charge in [0.25, 0.3) is 5.91 Å². The minimum atomic E-state index is -3.29. The van der Waals surface area contributed by atoms with Gasteiger partial charge >= 0.3 is 0 Å². The monoisotopic (exact) mass is 466 g/mol. The molecular weight excluding hydrogens is 432 g/mol. The third-order valence-corrected chi connectivity index (χ3v) is 9.75. The number of nitrogens with one attached hydrogen (secondary N) is 1. The van der Waals surface area contributed by atoms with Crippen LogP contribution in [0.1, 0.15) is 73.7 Å². The molecule has 4 fully saturated rings. The lowest BCUT2D eigenvalue weighted by molar-refractivity contribution is 0.0862. The van der Waals surface area contributed by atoms with Gasteiger partial charge in [0.15, 0.2) is 11.5 Å². The van der Waals surface area contributed by atoms with Crippen LogP contribution >= 0.6 is 0 Å². The van der Waals surface area contributed by atoms with Crippen LogP contribution in [-0.4, -0.2) is 79.3 Å². The molecule has 4 saturated heterocycles. The predicted octanol–water partition coefficient (Wildman–Crippen LogP) is 1.92. The first-order valence-corrected chi connectivity index (χ1v) is 13.6. The van der Waals surface area contributed by atoms with E-state index in [0.717, 1.165) is 51.6 Å². The highest BCUT2D eigenvalue weighted by molar-refractivity contribution is 7.89. The average Bonchev–Trinajstić information content (AvgIpc) is 3.49. The lowest BCUT2D eigenvalue weighted by atomic mass is 9.99. The van der Waals surface area contributed by atoms with Gasteiger partial charge in [0.1, 0.15) is 6.10 Å². The molecule has 178 valence electrons. The summed E-state index contributed by atoms with van der Waals surface area (Å²) in [6.07, 6.45) is 6.70. The van der Waals surface area contributed by atoms with Crippen molar-refractivity contribution < 1.29 is 22.5 Å². The fourth-order valence-corrected chi connectivity index (χ4v) is 8.32. The zero-order valence-corrected chi connectivity index (χ0v) is 19.6. The molecule has 4 aliphatic heterocycles. The van der Waals surface area contributed by atoms with Crippen LogP contribution in [-0.2, 0) is 14.8 Å². The third-order valence-electron chi connectivity index (χ3n) is 7.62. The number of ether oxygens (including phenoxy) is 1. The second-order valence-corrected chi connectivity index (χ2v) is 11.9. The maximum absolute atomic E-state index is 13.3. The highest BCUT2D eigenvalue weighted by Gasteiger charge is 2.47. The lowest BCUT2D eigenvalue weighted by Gasteiger charge is -2.39. The molecule has 1 N–H and O–H groups in total. The number of piperidine rings is 2. The highest BCUT2D eigenvalue weighted by atomic mass is 32.2. The third kappa shape index (κ3) is 4.60. The molecule has 32 heavy (non-hydrogen) atoms. The maximum atomic E-state index is 13.3. The Morgan fingerprint density at radius 2 is 1.88 bits per heavy atom. The van der Waals surface area contributed by atoms with Crippen molar-refractivity contribution in [3.63, 3.8) is 0 Å². The first kappa shape index (κ1) is 22.3. The number of aromatic nitrogens is 1. The van der Waals surface area contributed by atoms with Crippen molar-refractivity contribution in [1.29, 1.82) is 0 Å². The number of rotatable bonds is 6. The summed E-state index contributed by atoms with van der Waals surface area (Å²) in [6, 6.07) is 1.59. The van der Waals surface area contributed by atoms with Crippen LogP contribution in [0, 0.1) is 5.92 Å². The molecule has 0 saturated carbocycles. The lowest BCUT2D eigenvalue weighted by Crippen LogP contribution is -2.53. The molecule has 1 amide bonds. The van der Waals surface area contributed by atoms with Crippen LogP contribution in [0.25, 0.3) is 0 Å². The maximum Gasteiger partial charge on any atom is 0.273 e. The van der Waals surface area contributed by atoms with Crippen molar-refractivity contribution in [2.45, 2.75) is 75.6 Å². The zero-order valence-electron chi connectivity index (χ0n) is 18.7. The Morgan fingerprint density at radius 3 is 2.53 bits per heavy atom. The van der Waals surface area contributed by atoms with Gasteiger partial charge in [-0.2, -0.15) is 4.31 Å². The standard InChI is InChI=1S/C22H34N4O5S/c1-25-8-6-15(7-9-25)14-32(28,29)26-17-4-5-18(26)12-16(11-17)23-22(27)19-13-21(31-24-19)20-3-2-10-30-20/h13,15-18,20H,2-12,14H2,1H3,(H,23,27)/t16?,17-,18+,20?. The smallest absolute Gasteiger partial charge is 0.273 e. The van der Waals surface area contributed by atoms with Gasteiger partial charge in [-0.25, -0.2) is 8.42 Å². The Kier molecular flexibility index (Phi) is 6.30. The summed E-state index contributed by atoms with van der Waals surface area (Å²) in [5.41, 5.74) is 0.264. The van der Waals surface area contributed by atoms with Gasteiger partial charge in [0.2, 0.25) is 10.0 Å². The molecular formula is C22H34N4O5S. The molecule has 0 spiro atoms. The van der Waals surface area contributed by atoms with Crippen molar-refractivity contribution in [2.24, 2.45) is 5.92 Å². The van der Waals surface area contributed by atoms with E-state index in [1.165, 1.54) is 0 Å². The Balaban J connectivity index is 1.18. The molecule has 2 unspecified atom stereocenters. The number of nitrogens with zero attached hydrogens (tertiary/aromatic N) is 3. The number of hydrogen-bond donors (Lipinski definition) is 1. The zero-order chi connectivity index (χ0) is 22.3. The van der Waals surface area contributed by atoms with Gasteiger partial charge in [-0.05, 0) is 77.4 Å². The molecule has 0 aliphatic carbocycles. The second-order valence-electron chi connectivity index (χ2n) is 10.00.